The molecule has 1 aromatic carbocycles. The molecular formula is C15H18BrN3. The summed E-state index contributed by atoms with van der Waals surface area (Å²) in [5.74, 6) is 0. The molecule has 0 spiro atoms. The van der Waals surface area contributed by atoms with Crippen LogP contribution in [0.4, 0.5) is 5.69 Å². The highest BCUT2D eigenvalue weighted by atomic mass is 79.9. The van der Waals surface area contributed by atoms with Gasteiger partial charge in [0.05, 0.1) is 0 Å². The Kier molecular flexibility index (Phi) is 4.56. The molecule has 1 atom stereocenters. The van der Waals surface area contributed by atoms with Gasteiger partial charge in [0.15, 0.2) is 0 Å². The van der Waals surface area contributed by atoms with E-state index in [0.717, 1.165) is 22.1 Å². The summed E-state index contributed by atoms with van der Waals surface area (Å²) in [6.45, 7) is 2.12. The zero-order chi connectivity index (χ0) is 13.8. The number of hydrogen-bond acceptors (Lipinski definition) is 3. The first-order chi connectivity index (χ1) is 9.11. The van der Waals surface area contributed by atoms with E-state index in [1.165, 1.54) is 11.1 Å². The zero-order valence-electron chi connectivity index (χ0n) is 11.2. The summed E-state index contributed by atoms with van der Waals surface area (Å²) >= 11 is 3.50. The Balaban J connectivity index is 2.28. The highest BCUT2D eigenvalue weighted by Crippen LogP contribution is 2.25. The predicted molar refractivity (Wildman–Crippen MR) is 83.0 cm³/mol. The molecule has 0 aliphatic carbocycles. The summed E-state index contributed by atoms with van der Waals surface area (Å²) in [6.07, 6.45) is 4.39. The second-order valence-electron chi connectivity index (χ2n) is 4.62. The van der Waals surface area contributed by atoms with Gasteiger partial charge in [0, 0.05) is 28.6 Å². The predicted octanol–water partition coefficient (Wildman–Crippen LogP) is 3.24. The molecule has 19 heavy (non-hydrogen) atoms. The van der Waals surface area contributed by atoms with E-state index >= 15 is 0 Å². The summed E-state index contributed by atoms with van der Waals surface area (Å²) in [4.78, 5) is 4.15. The second-order valence-corrected chi connectivity index (χ2v) is 5.54. The molecule has 100 valence electrons. The van der Waals surface area contributed by atoms with Gasteiger partial charge < -0.3 is 11.1 Å². The Bertz CT molecular complexity index is 569. The number of likely N-dealkylation sites (N-methyl/N-ethyl adjacent to an activating group) is 1. The highest BCUT2D eigenvalue weighted by Gasteiger charge is 2.14. The van der Waals surface area contributed by atoms with Crippen LogP contribution in [-0.2, 0) is 6.42 Å². The summed E-state index contributed by atoms with van der Waals surface area (Å²) in [5.41, 5.74) is 10.4. The topological polar surface area (TPSA) is 50.9 Å². The van der Waals surface area contributed by atoms with Crippen molar-refractivity contribution >= 4 is 21.6 Å². The number of pyridine rings is 1. The molecule has 1 unspecified atom stereocenters. The maximum atomic E-state index is 5.99. The SMILES string of the molecule is CNC(Cc1cnccc1N)c1ccc(Br)cc1C. The number of aryl methyl sites for hydroxylation is 1. The lowest BCUT2D eigenvalue weighted by molar-refractivity contribution is 0.588. The van der Waals surface area contributed by atoms with Crippen LogP contribution in [0.5, 0.6) is 0 Å². The average molecular weight is 320 g/mol. The van der Waals surface area contributed by atoms with Crippen molar-refractivity contribution in [3.05, 3.63) is 57.8 Å². The van der Waals surface area contributed by atoms with Gasteiger partial charge in [-0.3, -0.25) is 4.98 Å². The van der Waals surface area contributed by atoms with Crippen molar-refractivity contribution in [3.63, 3.8) is 0 Å². The molecule has 4 heteroatoms. The number of halogens is 1. The molecule has 0 aliphatic rings. The van der Waals surface area contributed by atoms with Gasteiger partial charge >= 0.3 is 0 Å². The first-order valence-electron chi connectivity index (χ1n) is 6.23. The maximum Gasteiger partial charge on any atom is 0.0378 e. The third-order valence-corrected chi connectivity index (χ3v) is 3.81. The lowest BCUT2D eigenvalue weighted by Crippen LogP contribution is -2.20. The first-order valence-corrected chi connectivity index (χ1v) is 7.02. The molecule has 2 aromatic rings. The van der Waals surface area contributed by atoms with Gasteiger partial charge in [-0.25, -0.2) is 0 Å². The van der Waals surface area contributed by atoms with Crippen molar-refractivity contribution < 1.29 is 0 Å². The largest absolute Gasteiger partial charge is 0.398 e. The number of nitrogen functional groups attached to an aromatic ring is 1. The molecule has 1 heterocycles. The van der Waals surface area contributed by atoms with Crippen molar-refractivity contribution in [2.24, 2.45) is 0 Å². The molecule has 0 aliphatic heterocycles. The Morgan fingerprint density at radius 2 is 2.16 bits per heavy atom. The van der Waals surface area contributed by atoms with E-state index in [1.54, 1.807) is 6.20 Å². The van der Waals surface area contributed by atoms with Crippen LogP contribution in [0.3, 0.4) is 0 Å². The zero-order valence-corrected chi connectivity index (χ0v) is 12.7. The van der Waals surface area contributed by atoms with Gasteiger partial charge in [-0.05, 0) is 55.3 Å². The monoisotopic (exact) mass is 319 g/mol. The Morgan fingerprint density at radius 1 is 1.37 bits per heavy atom. The Morgan fingerprint density at radius 3 is 2.79 bits per heavy atom. The van der Waals surface area contributed by atoms with Crippen LogP contribution in [0, 0.1) is 6.92 Å². The summed E-state index contributed by atoms with van der Waals surface area (Å²) in [7, 11) is 1.97. The number of hydrogen-bond donors (Lipinski definition) is 2. The van der Waals surface area contributed by atoms with Crippen LogP contribution in [0.1, 0.15) is 22.7 Å². The van der Waals surface area contributed by atoms with Crippen LogP contribution in [0.25, 0.3) is 0 Å². The lowest BCUT2D eigenvalue weighted by Gasteiger charge is -2.20. The minimum Gasteiger partial charge on any atom is -0.398 e. The Hall–Kier alpha value is -1.39. The number of aromatic nitrogens is 1. The van der Waals surface area contributed by atoms with Crippen molar-refractivity contribution in [3.8, 4) is 0 Å². The fourth-order valence-electron chi connectivity index (χ4n) is 2.23. The van der Waals surface area contributed by atoms with E-state index in [-0.39, 0.29) is 6.04 Å². The van der Waals surface area contributed by atoms with E-state index in [2.05, 4.69) is 51.4 Å². The number of nitrogens with zero attached hydrogens (tertiary/aromatic N) is 1. The third kappa shape index (κ3) is 3.33. The van der Waals surface area contributed by atoms with Gasteiger partial charge in [0.25, 0.3) is 0 Å². The van der Waals surface area contributed by atoms with Gasteiger partial charge in [-0.1, -0.05) is 22.0 Å². The van der Waals surface area contributed by atoms with Crippen molar-refractivity contribution in [1.29, 1.82) is 0 Å². The third-order valence-electron chi connectivity index (χ3n) is 3.32. The van der Waals surface area contributed by atoms with Gasteiger partial charge in [-0.15, -0.1) is 0 Å². The normalized spacial score (nSPS) is 12.4. The van der Waals surface area contributed by atoms with Crippen molar-refractivity contribution in [2.45, 2.75) is 19.4 Å². The molecule has 2 rings (SSSR count). The molecule has 0 bridgehead atoms. The van der Waals surface area contributed by atoms with Crippen molar-refractivity contribution in [2.75, 3.05) is 12.8 Å². The molecule has 0 radical (unpaired) electrons. The van der Waals surface area contributed by atoms with Crippen LogP contribution in [0.15, 0.2) is 41.1 Å². The molecule has 0 fully saturated rings. The fourth-order valence-corrected chi connectivity index (χ4v) is 2.70. The summed E-state index contributed by atoms with van der Waals surface area (Å²) < 4.78 is 1.10. The Labute approximate surface area is 122 Å². The second kappa shape index (κ2) is 6.17. The van der Waals surface area contributed by atoms with E-state index in [9.17, 15) is 0 Å². The summed E-state index contributed by atoms with van der Waals surface area (Å²) in [5, 5.41) is 3.36. The molecule has 3 nitrogen and oxygen atoms in total. The van der Waals surface area contributed by atoms with Crippen LogP contribution in [0.2, 0.25) is 0 Å². The lowest BCUT2D eigenvalue weighted by atomic mass is 9.95. The number of nitrogens with one attached hydrogen (secondary N) is 1. The minimum absolute atomic E-state index is 0.236. The molecule has 3 N–H and O–H groups in total. The van der Waals surface area contributed by atoms with E-state index in [4.69, 9.17) is 5.73 Å². The number of rotatable bonds is 4. The molecule has 1 aromatic heterocycles. The fraction of sp³-hybridized carbons (Fsp3) is 0.267. The number of benzene rings is 1. The quantitative estimate of drug-likeness (QED) is 0.909. The van der Waals surface area contributed by atoms with Gasteiger partial charge in [0.2, 0.25) is 0 Å². The van der Waals surface area contributed by atoms with Crippen LogP contribution >= 0.6 is 15.9 Å². The van der Waals surface area contributed by atoms with Crippen LogP contribution < -0.4 is 11.1 Å². The standard InChI is InChI=1S/C15H18BrN3/c1-10-7-12(16)3-4-13(10)15(18-2)8-11-9-19-6-5-14(11)17/h3-7,9,15,18H,8H2,1-2H3,(H2,17,19). The highest BCUT2D eigenvalue weighted by molar-refractivity contribution is 9.10. The first kappa shape index (κ1) is 14.0. The number of nitrogens with two attached hydrogens (primary N) is 1. The van der Waals surface area contributed by atoms with E-state index < -0.39 is 0 Å². The molecule has 0 saturated carbocycles. The smallest absolute Gasteiger partial charge is 0.0378 e. The molecule has 0 amide bonds. The average Bonchev–Trinajstić information content (AvgIpc) is 2.39. The van der Waals surface area contributed by atoms with E-state index in [0.29, 0.717) is 0 Å². The maximum absolute atomic E-state index is 5.99. The van der Waals surface area contributed by atoms with Crippen LogP contribution in [-0.4, -0.2) is 12.0 Å². The number of anilines is 1. The van der Waals surface area contributed by atoms with Gasteiger partial charge in [-0.2, -0.15) is 0 Å². The van der Waals surface area contributed by atoms with E-state index in [1.807, 2.05) is 19.3 Å². The molecule has 0 saturated heterocycles. The minimum atomic E-state index is 0.236. The summed E-state index contributed by atoms with van der Waals surface area (Å²) in [6, 6.07) is 8.43. The van der Waals surface area contributed by atoms with Gasteiger partial charge in [0.1, 0.15) is 0 Å². The van der Waals surface area contributed by atoms with Crippen molar-refractivity contribution in [1.82, 2.24) is 10.3 Å². The molecular weight excluding hydrogens is 302 g/mol.